The molecule has 158 valence electrons. The molecule has 0 amide bonds. The van der Waals surface area contributed by atoms with Crippen LogP contribution in [0.25, 0.3) is 0 Å². The number of nitrogens with one attached hydrogen (secondary N) is 1. The van der Waals surface area contributed by atoms with Gasteiger partial charge in [-0.25, -0.2) is 9.48 Å². The second kappa shape index (κ2) is 14.4. The fourth-order valence-corrected chi connectivity index (χ4v) is 2.36. The van der Waals surface area contributed by atoms with Gasteiger partial charge in [0.2, 0.25) is 0 Å². The lowest BCUT2D eigenvalue weighted by atomic mass is 10.2. The van der Waals surface area contributed by atoms with Crippen LogP contribution in [0.3, 0.4) is 0 Å². The maximum Gasteiger partial charge on any atom is 0.343 e. The van der Waals surface area contributed by atoms with Gasteiger partial charge in [0, 0.05) is 6.54 Å². The Bertz CT molecular complexity index is 829. The number of ether oxygens (including phenoxy) is 1. The Hall–Kier alpha value is -2.58. The quantitative estimate of drug-likeness (QED) is 0.309. The summed E-state index contributed by atoms with van der Waals surface area (Å²) in [7, 11) is 0. The Kier molecular flexibility index (Phi) is 13.1. The Labute approximate surface area is 183 Å². The van der Waals surface area contributed by atoms with Crippen molar-refractivity contribution in [1.29, 1.82) is 0 Å². The number of nitrogen functional groups attached to an aromatic ring is 1. The molecule has 9 heteroatoms. The number of anilines is 1. The molecule has 0 bridgehead atoms. The van der Waals surface area contributed by atoms with E-state index in [9.17, 15) is 4.79 Å². The van der Waals surface area contributed by atoms with Crippen molar-refractivity contribution in [2.45, 2.75) is 20.0 Å². The third kappa shape index (κ3) is 8.53. The Balaban J connectivity index is 0.000000610. The molecule has 2 aromatic carbocycles. The van der Waals surface area contributed by atoms with Crippen molar-refractivity contribution in [3.05, 3.63) is 83.6 Å². The summed E-state index contributed by atoms with van der Waals surface area (Å²) in [5.74, 6) is 5.01. The van der Waals surface area contributed by atoms with Crippen molar-refractivity contribution in [2.75, 3.05) is 12.3 Å². The Morgan fingerprint density at radius 2 is 1.59 bits per heavy atom. The topological polar surface area (TPSA) is 108 Å². The number of benzene rings is 2. The minimum atomic E-state index is -0.436. The summed E-state index contributed by atoms with van der Waals surface area (Å²) < 4.78 is 6.48. The van der Waals surface area contributed by atoms with Crippen LogP contribution in [-0.4, -0.2) is 22.4 Å². The van der Waals surface area contributed by atoms with Crippen LogP contribution >= 0.6 is 24.8 Å². The molecule has 7 nitrogen and oxygen atoms in total. The fourth-order valence-electron chi connectivity index (χ4n) is 2.36. The molecule has 1 heterocycles. The van der Waals surface area contributed by atoms with Crippen LogP contribution in [-0.2, 0) is 17.8 Å². The van der Waals surface area contributed by atoms with E-state index >= 15 is 0 Å². The van der Waals surface area contributed by atoms with Gasteiger partial charge >= 0.3 is 5.97 Å². The number of nitrogens with zero attached hydrogens (tertiary/aromatic N) is 2. The zero-order valence-electron chi connectivity index (χ0n) is 16.2. The molecule has 0 atom stereocenters. The molecule has 0 aliphatic heterocycles. The lowest BCUT2D eigenvalue weighted by Crippen LogP contribution is -2.20. The van der Waals surface area contributed by atoms with E-state index in [4.69, 9.17) is 16.3 Å². The first-order chi connectivity index (χ1) is 13.2. The average Bonchev–Trinajstić information content (AvgIpc) is 3.05. The molecule has 0 saturated carbocycles. The van der Waals surface area contributed by atoms with Gasteiger partial charge in [0.05, 0.1) is 19.3 Å². The monoisotopic (exact) mass is 439 g/mol. The highest BCUT2D eigenvalue weighted by Gasteiger charge is 2.15. The summed E-state index contributed by atoms with van der Waals surface area (Å²) in [6.07, 6.45) is 1.44. The maximum absolute atomic E-state index is 11.6. The number of aromatic nitrogens is 2. The minimum absolute atomic E-state index is 0. The predicted molar refractivity (Wildman–Crippen MR) is 120 cm³/mol. The standard InChI is InChI=1S/C13H15N3O2.C7H10N2.2ClH/c1-2-18-13(17)11-8-15-16(12(11)14)9-10-6-4-3-5-7-10;8-9-6-7-4-2-1-3-5-7;;/h3-8H,2,9,14H2,1H3;1-5,9H,6,8H2;2*1H. The summed E-state index contributed by atoms with van der Waals surface area (Å²) in [4.78, 5) is 11.6. The van der Waals surface area contributed by atoms with Crippen LogP contribution in [0.2, 0.25) is 0 Å². The summed E-state index contributed by atoms with van der Waals surface area (Å²) in [5, 5.41) is 4.11. The van der Waals surface area contributed by atoms with Crippen LogP contribution in [0, 0.1) is 0 Å². The highest BCUT2D eigenvalue weighted by molar-refractivity contribution is 5.93. The molecule has 5 N–H and O–H groups in total. The maximum atomic E-state index is 11.6. The van der Waals surface area contributed by atoms with E-state index in [-0.39, 0.29) is 24.8 Å². The number of carbonyl (C=O) groups is 1. The van der Waals surface area contributed by atoms with E-state index in [1.54, 1.807) is 11.6 Å². The molecule has 0 fully saturated rings. The fraction of sp³-hybridized carbons (Fsp3) is 0.200. The van der Waals surface area contributed by atoms with Gasteiger partial charge in [-0.1, -0.05) is 60.7 Å². The van der Waals surface area contributed by atoms with E-state index in [0.717, 1.165) is 12.1 Å². The zero-order valence-corrected chi connectivity index (χ0v) is 17.8. The molecule has 1 aromatic heterocycles. The van der Waals surface area contributed by atoms with E-state index in [0.29, 0.717) is 24.5 Å². The van der Waals surface area contributed by atoms with Crippen LogP contribution in [0.5, 0.6) is 0 Å². The molecular formula is C20H27Cl2N5O2. The van der Waals surface area contributed by atoms with Gasteiger partial charge in [-0.2, -0.15) is 5.10 Å². The van der Waals surface area contributed by atoms with Crippen molar-refractivity contribution in [1.82, 2.24) is 15.2 Å². The number of halogens is 2. The molecule has 3 rings (SSSR count). The molecular weight excluding hydrogens is 413 g/mol. The highest BCUT2D eigenvalue weighted by Crippen LogP contribution is 2.14. The van der Waals surface area contributed by atoms with Crippen molar-refractivity contribution in [2.24, 2.45) is 5.84 Å². The Morgan fingerprint density at radius 3 is 2.10 bits per heavy atom. The van der Waals surface area contributed by atoms with Crippen molar-refractivity contribution < 1.29 is 9.53 Å². The van der Waals surface area contributed by atoms with Crippen molar-refractivity contribution in [3.63, 3.8) is 0 Å². The van der Waals surface area contributed by atoms with E-state index in [1.165, 1.54) is 11.8 Å². The first-order valence-electron chi connectivity index (χ1n) is 8.65. The van der Waals surface area contributed by atoms with E-state index in [1.807, 2.05) is 60.7 Å². The highest BCUT2D eigenvalue weighted by atomic mass is 35.5. The summed E-state index contributed by atoms with van der Waals surface area (Å²) in [6, 6.07) is 19.8. The normalized spacial score (nSPS) is 9.31. The SMILES string of the molecule is CCOC(=O)c1cnn(Cc2ccccc2)c1N.Cl.Cl.NNCc1ccccc1. The average molecular weight is 440 g/mol. The van der Waals surface area contributed by atoms with E-state index < -0.39 is 5.97 Å². The molecule has 0 aliphatic carbocycles. The number of hydrogen-bond donors (Lipinski definition) is 3. The second-order valence-electron chi connectivity index (χ2n) is 5.67. The molecule has 0 spiro atoms. The van der Waals surface area contributed by atoms with Gasteiger partial charge in [-0.3, -0.25) is 11.3 Å². The van der Waals surface area contributed by atoms with Crippen LogP contribution in [0.1, 0.15) is 28.4 Å². The smallest absolute Gasteiger partial charge is 0.343 e. The number of esters is 1. The third-order valence-electron chi connectivity index (χ3n) is 3.70. The minimum Gasteiger partial charge on any atom is -0.462 e. The van der Waals surface area contributed by atoms with Crippen molar-refractivity contribution >= 4 is 36.6 Å². The number of hydrogen-bond acceptors (Lipinski definition) is 6. The van der Waals surface area contributed by atoms with Gasteiger partial charge in [0.1, 0.15) is 11.4 Å². The lowest BCUT2D eigenvalue weighted by Gasteiger charge is -2.05. The second-order valence-corrected chi connectivity index (χ2v) is 5.67. The first-order valence-corrected chi connectivity index (χ1v) is 8.65. The third-order valence-corrected chi connectivity index (χ3v) is 3.70. The Morgan fingerprint density at radius 1 is 1.03 bits per heavy atom. The van der Waals surface area contributed by atoms with Crippen LogP contribution < -0.4 is 17.0 Å². The van der Waals surface area contributed by atoms with Crippen LogP contribution in [0.15, 0.2) is 66.9 Å². The number of carbonyl (C=O) groups excluding carboxylic acids is 1. The van der Waals surface area contributed by atoms with E-state index in [2.05, 4.69) is 10.5 Å². The summed E-state index contributed by atoms with van der Waals surface area (Å²) in [5.41, 5.74) is 11.1. The number of nitrogens with two attached hydrogens (primary N) is 2. The molecule has 0 radical (unpaired) electrons. The van der Waals surface area contributed by atoms with Crippen LogP contribution in [0.4, 0.5) is 5.82 Å². The predicted octanol–water partition coefficient (Wildman–Crippen LogP) is 3.18. The number of rotatable bonds is 6. The lowest BCUT2D eigenvalue weighted by molar-refractivity contribution is 0.0527. The van der Waals surface area contributed by atoms with Gasteiger partial charge in [0.15, 0.2) is 0 Å². The largest absolute Gasteiger partial charge is 0.462 e. The number of hydrazine groups is 1. The molecule has 29 heavy (non-hydrogen) atoms. The molecule has 3 aromatic rings. The molecule has 0 aliphatic rings. The van der Waals surface area contributed by atoms with Gasteiger partial charge in [-0.05, 0) is 18.1 Å². The van der Waals surface area contributed by atoms with Gasteiger partial charge in [-0.15, -0.1) is 24.8 Å². The summed E-state index contributed by atoms with van der Waals surface area (Å²) >= 11 is 0. The van der Waals surface area contributed by atoms with Crippen molar-refractivity contribution in [3.8, 4) is 0 Å². The first kappa shape index (κ1) is 26.4. The summed E-state index contributed by atoms with van der Waals surface area (Å²) in [6.45, 7) is 3.34. The van der Waals surface area contributed by atoms with Gasteiger partial charge < -0.3 is 10.5 Å². The molecule has 0 unspecified atom stereocenters. The van der Waals surface area contributed by atoms with Gasteiger partial charge in [0.25, 0.3) is 0 Å². The zero-order chi connectivity index (χ0) is 19.5. The molecule has 0 saturated heterocycles.